The molecule has 3 nitrogen and oxygen atoms in total. The van der Waals surface area contributed by atoms with E-state index < -0.39 is 8.80 Å². The molecule has 0 aromatic rings. The smallest absolute Gasteiger partial charge is 0.374 e. The highest BCUT2D eigenvalue weighted by Gasteiger charge is 2.38. The Hall–Kier alpha value is 0.0269. The molecule has 0 spiro atoms. The van der Waals surface area contributed by atoms with Crippen molar-refractivity contribution in [3.05, 3.63) is 0 Å². The molecule has 0 heterocycles. The molecule has 14 heavy (non-hydrogen) atoms. The second-order valence-corrected chi connectivity index (χ2v) is 5.46. The van der Waals surface area contributed by atoms with E-state index in [0.717, 1.165) is 12.5 Å². The van der Waals surface area contributed by atoms with E-state index in [1.807, 2.05) is 20.8 Å². The van der Waals surface area contributed by atoms with Crippen molar-refractivity contribution in [2.45, 2.75) is 40.2 Å². The monoisotopic (exact) mass is 226 g/mol. The van der Waals surface area contributed by atoms with Gasteiger partial charge in [-0.15, -0.1) is 0 Å². The van der Waals surface area contributed by atoms with Gasteiger partial charge in [0, 0.05) is 25.9 Å². The van der Waals surface area contributed by atoms with E-state index >= 15 is 0 Å². The first-order valence-corrected chi connectivity index (χ1v) is 7.09. The molecule has 0 aromatic heterocycles. The van der Waals surface area contributed by atoms with Crippen LogP contribution in [-0.4, -0.2) is 28.6 Å². The highest BCUT2D eigenvalue weighted by molar-refractivity contribution is 6.60. The number of hydrogen-bond donors (Lipinski definition) is 0. The molecule has 0 saturated carbocycles. The van der Waals surface area contributed by atoms with Gasteiger partial charge in [-0.25, -0.2) is 0 Å². The van der Waals surface area contributed by atoms with Crippen LogP contribution >= 0.6 is 0 Å². The standard InChI is InChI=1S/C9H22O3Si.FH/c1-5-9-13(10-6-2,11-7-3)12-8-4;/h5-9H2,1-4H3;1H. The Bertz CT molecular complexity index is 95.1. The maximum absolute atomic E-state index is 5.65. The summed E-state index contributed by atoms with van der Waals surface area (Å²) in [6, 6.07) is 0.919. The summed E-state index contributed by atoms with van der Waals surface area (Å²) in [6.45, 7) is 10.1. The van der Waals surface area contributed by atoms with Gasteiger partial charge >= 0.3 is 8.80 Å². The largest absolute Gasteiger partial charge is 0.500 e. The van der Waals surface area contributed by atoms with Gasteiger partial charge in [0.1, 0.15) is 0 Å². The zero-order chi connectivity index (χ0) is 10.2. The Morgan fingerprint density at radius 1 is 0.786 bits per heavy atom. The zero-order valence-electron chi connectivity index (χ0n) is 9.67. The minimum atomic E-state index is -2.30. The summed E-state index contributed by atoms with van der Waals surface area (Å²) in [5.74, 6) is 0. The van der Waals surface area contributed by atoms with Crippen molar-refractivity contribution >= 4 is 8.80 Å². The summed E-state index contributed by atoms with van der Waals surface area (Å²) in [5, 5.41) is 0. The van der Waals surface area contributed by atoms with Gasteiger partial charge in [0.05, 0.1) is 0 Å². The van der Waals surface area contributed by atoms with Crippen LogP contribution in [0, 0.1) is 0 Å². The van der Waals surface area contributed by atoms with Crippen LogP contribution in [0.1, 0.15) is 34.1 Å². The average Bonchev–Trinajstić information content (AvgIpc) is 2.06. The summed E-state index contributed by atoms with van der Waals surface area (Å²) < 4.78 is 16.9. The van der Waals surface area contributed by atoms with Crippen LogP contribution in [0.25, 0.3) is 0 Å². The van der Waals surface area contributed by atoms with Crippen molar-refractivity contribution in [3.63, 3.8) is 0 Å². The predicted octanol–water partition coefficient (Wildman–Crippen LogP) is 2.60. The van der Waals surface area contributed by atoms with Crippen molar-refractivity contribution in [2.75, 3.05) is 19.8 Å². The molecule has 0 aromatic carbocycles. The van der Waals surface area contributed by atoms with E-state index in [1.54, 1.807) is 0 Å². The fourth-order valence-corrected chi connectivity index (χ4v) is 3.92. The highest BCUT2D eigenvalue weighted by atomic mass is 28.4. The lowest BCUT2D eigenvalue weighted by Crippen LogP contribution is -2.45. The lowest BCUT2D eigenvalue weighted by molar-refractivity contribution is 0.0712. The summed E-state index contributed by atoms with van der Waals surface area (Å²) in [5.41, 5.74) is 0. The Kier molecular flexibility index (Phi) is 11.3. The minimum Gasteiger partial charge on any atom is -0.374 e. The minimum absolute atomic E-state index is 0. The van der Waals surface area contributed by atoms with Crippen molar-refractivity contribution in [1.82, 2.24) is 0 Å². The van der Waals surface area contributed by atoms with Crippen molar-refractivity contribution in [3.8, 4) is 0 Å². The molecular weight excluding hydrogens is 203 g/mol. The topological polar surface area (TPSA) is 27.7 Å². The van der Waals surface area contributed by atoms with Crippen LogP contribution in [0.4, 0.5) is 4.70 Å². The molecule has 0 aliphatic heterocycles. The molecule has 0 aliphatic carbocycles. The second kappa shape index (κ2) is 9.58. The molecule has 0 atom stereocenters. The first-order valence-electron chi connectivity index (χ1n) is 5.16. The molecule has 5 heteroatoms. The van der Waals surface area contributed by atoms with Crippen LogP contribution in [0.3, 0.4) is 0 Å². The summed E-state index contributed by atoms with van der Waals surface area (Å²) in [6.07, 6.45) is 1.05. The molecule has 0 aliphatic rings. The fourth-order valence-electron chi connectivity index (χ4n) is 1.31. The Balaban J connectivity index is 0. The normalized spacial score (nSPS) is 11.1. The third-order valence-electron chi connectivity index (χ3n) is 1.65. The van der Waals surface area contributed by atoms with E-state index in [9.17, 15) is 0 Å². The second-order valence-electron chi connectivity index (χ2n) is 2.73. The third kappa shape index (κ3) is 5.69. The number of rotatable bonds is 8. The van der Waals surface area contributed by atoms with E-state index in [-0.39, 0.29) is 4.70 Å². The van der Waals surface area contributed by atoms with Gasteiger partial charge in [-0.3, -0.25) is 4.70 Å². The van der Waals surface area contributed by atoms with E-state index in [1.165, 1.54) is 0 Å². The predicted molar refractivity (Wildman–Crippen MR) is 58.2 cm³/mol. The maximum atomic E-state index is 5.65. The fraction of sp³-hybridized carbons (Fsp3) is 1.00. The van der Waals surface area contributed by atoms with Crippen LogP contribution in [-0.2, 0) is 13.3 Å². The first kappa shape index (κ1) is 16.5. The van der Waals surface area contributed by atoms with Gasteiger partial charge in [-0.05, 0) is 20.8 Å². The SMILES string of the molecule is CCC[Si](OCC)(OCC)OCC.F. The van der Waals surface area contributed by atoms with Crippen LogP contribution in [0.2, 0.25) is 6.04 Å². The molecule has 88 valence electrons. The molecule has 0 bridgehead atoms. The summed E-state index contributed by atoms with van der Waals surface area (Å²) in [4.78, 5) is 0. The number of hydrogen-bond acceptors (Lipinski definition) is 3. The molecule has 0 amide bonds. The van der Waals surface area contributed by atoms with E-state index in [2.05, 4.69) is 6.92 Å². The first-order chi connectivity index (χ1) is 6.24. The summed E-state index contributed by atoms with van der Waals surface area (Å²) >= 11 is 0. The van der Waals surface area contributed by atoms with Gasteiger partial charge in [0.25, 0.3) is 0 Å². The van der Waals surface area contributed by atoms with Crippen molar-refractivity contribution in [1.29, 1.82) is 0 Å². The maximum Gasteiger partial charge on any atom is 0.500 e. The number of halogens is 1. The lowest BCUT2D eigenvalue weighted by atomic mass is 10.6. The van der Waals surface area contributed by atoms with Crippen LogP contribution in [0.5, 0.6) is 0 Å². The molecule has 0 radical (unpaired) electrons. The van der Waals surface area contributed by atoms with Gasteiger partial charge < -0.3 is 13.3 Å². The van der Waals surface area contributed by atoms with Crippen LogP contribution < -0.4 is 0 Å². The van der Waals surface area contributed by atoms with Crippen molar-refractivity contribution < 1.29 is 18.0 Å². The van der Waals surface area contributed by atoms with E-state index in [4.69, 9.17) is 13.3 Å². The van der Waals surface area contributed by atoms with Crippen LogP contribution in [0.15, 0.2) is 0 Å². The molecule has 0 saturated heterocycles. The highest BCUT2D eigenvalue weighted by Crippen LogP contribution is 2.17. The Morgan fingerprint density at radius 2 is 1.14 bits per heavy atom. The van der Waals surface area contributed by atoms with Gasteiger partial charge in [-0.1, -0.05) is 13.3 Å². The van der Waals surface area contributed by atoms with Gasteiger partial charge in [0.2, 0.25) is 0 Å². The summed E-state index contributed by atoms with van der Waals surface area (Å²) in [7, 11) is -2.30. The lowest BCUT2D eigenvalue weighted by Gasteiger charge is -2.27. The molecule has 0 fully saturated rings. The quantitative estimate of drug-likeness (QED) is 0.595. The Labute approximate surface area is 87.5 Å². The zero-order valence-corrected chi connectivity index (χ0v) is 10.7. The van der Waals surface area contributed by atoms with Gasteiger partial charge in [-0.2, -0.15) is 0 Å². The molecule has 0 rings (SSSR count). The van der Waals surface area contributed by atoms with E-state index in [0.29, 0.717) is 19.8 Å². The van der Waals surface area contributed by atoms with Crippen molar-refractivity contribution in [2.24, 2.45) is 0 Å². The Morgan fingerprint density at radius 3 is 1.36 bits per heavy atom. The molecule has 0 N–H and O–H groups in total. The molecular formula is C9H23FO3Si. The average molecular weight is 226 g/mol. The third-order valence-corrected chi connectivity index (χ3v) is 4.95. The van der Waals surface area contributed by atoms with Gasteiger partial charge in [0.15, 0.2) is 0 Å². The molecule has 0 unspecified atom stereocenters.